The zero-order valence-corrected chi connectivity index (χ0v) is 19.2. The SMILES string of the molecule is Cc1ccc(C)c(OCc2nnc(SCc3csc(-c4ccccc4C)n3)n2C)c1. The van der Waals surface area contributed by atoms with Crippen molar-refractivity contribution < 1.29 is 4.74 Å². The molecule has 7 heteroatoms. The van der Waals surface area contributed by atoms with E-state index >= 15 is 0 Å². The number of thioether (sulfide) groups is 1. The first kappa shape index (κ1) is 20.6. The van der Waals surface area contributed by atoms with Gasteiger partial charge in [0.15, 0.2) is 11.0 Å². The second-order valence-corrected chi connectivity index (χ2v) is 9.06. The van der Waals surface area contributed by atoms with Gasteiger partial charge in [-0.15, -0.1) is 21.5 Å². The van der Waals surface area contributed by atoms with Crippen LogP contribution in [0.3, 0.4) is 0 Å². The second kappa shape index (κ2) is 9.02. The van der Waals surface area contributed by atoms with Gasteiger partial charge in [-0.1, -0.05) is 48.2 Å². The molecular formula is C23H24N4OS2. The van der Waals surface area contributed by atoms with Gasteiger partial charge in [-0.2, -0.15) is 0 Å². The molecule has 0 radical (unpaired) electrons. The molecule has 0 N–H and O–H groups in total. The third-order valence-electron chi connectivity index (χ3n) is 4.90. The molecule has 2 heterocycles. The quantitative estimate of drug-likeness (QED) is 0.346. The van der Waals surface area contributed by atoms with E-state index in [9.17, 15) is 0 Å². The maximum absolute atomic E-state index is 5.98. The Bertz CT molecular complexity index is 1170. The van der Waals surface area contributed by atoms with Crippen LogP contribution in [-0.4, -0.2) is 19.7 Å². The molecule has 0 amide bonds. The number of hydrogen-bond acceptors (Lipinski definition) is 6. The van der Waals surface area contributed by atoms with E-state index in [1.54, 1.807) is 23.1 Å². The van der Waals surface area contributed by atoms with E-state index in [0.717, 1.165) is 38.7 Å². The predicted octanol–water partition coefficient (Wildman–Crippen LogP) is 5.74. The molecule has 2 aromatic carbocycles. The van der Waals surface area contributed by atoms with Crippen LogP contribution in [-0.2, 0) is 19.4 Å². The van der Waals surface area contributed by atoms with Gasteiger partial charge in [-0.3, -0.25) is 0 Å². The van der Waals surface area contributed by atoms with Crippen LogP contribution >= 0.6 is 23.1 Å². The minimum atomic E-state index is 0.391. The Balaban J connectivity index is 1.39. The van der Waals surface area contributed by atoms with Crippen LogP contribution in [0.5, 0.6) is 5.75 Å². The molecule has 154 valence electrons. The zero-order valence-electron chi connectivity index (χ0n) is 17.5. The molecule has 0 aliphatic rings. The highest BCUT2D eigenvalue weighted by molar-refractivity contribution is 7.98. The molecule has 0 fully saturated rings. The Kier molecular flexibility index (Phi) is 6.20. The van der Waals surface area contributed by atoms with Gasteiger partial charge >= 0.3 is 0 Å². The van der Waals surface area contributed by atoms with E-state index in [1.807, 2.05) is 18.5 Å². The molecule has 0 bridgehead atoms. The fourth-order valence-electron chi connectivity index (χ4n) is 3.05. The van der Waals surface area contributed by atoms with Crippen molar-refractivity contribution in [3.05, 3.63) is 76.1 Å². The number of thiazole rings is 1. The average Bonchev–Trinajstić information content (AvgIpc) is 3.34. The van der Waals surface area contributed by atoms with Crippen LogP contribution in [0.2, 0.25) is 0 Å². The molecule has 4 aromatic rings. The molecule has 0 saturated carbocycles. The molecular weight excluding hydrogens is 412 g/mol. The highest BCUT2D eigenvalue weighted by atomic mass is 32.2. The van der Waals surface area contributed by atoms with Crippen molar-refractivity contribution in [1.82, 2.24) is 19.7 Å². The van der Waals surface area contributed by atoms with Crippen molar-refractivity contribution in [2.45, 2.75) is 38.3 Å². The highest BCUT2D eigenvalue weighted by Gasteiger charge is 2.13. The third-order valence-corrected chi connectivity index (χ3v) is 6.88. The molecule has 2 aromatic heterocycles. The van der Waals surface area contributed by atoms with Crippen molar-refractivity contribution >= 4 is 23.1 Å². The fourth-order valence-corrected chi connectivity index (χ4v) is 4.89. The van der Waals surface area contributed by atoms with Gasteiger partial charge in [0, 0.05) is 23.7 Å². The Morgan fingerprint density at radius 2 is 1.87 bits per heavy atom. The molecule has 0 unspecified atom stereocenters. The fraction of sp³-hybridized carbons (Fsp3) is 0.261. The third kappa shape index (κ3) is 4.57. The monoisotopic (exact) mass is 436 g/mol. The molecule has 30 heavy (non-hydrogen) atoms. The number of aryl methyl sites for hydroxylation is 3. The zero-order chi connectivity index (χ0) is 21.1. The second-order valence-electron chi connectivity index (χ2n) is 7.26. The summed E-state index contributed by atoms with van der Waals surface area (Å²) in [6, 6.07) is 14.6. The van der Waals surface area contributed by atoms with E-state index in [2.05, 4.69) is 71.9 Å². The summed E-state index contributed by atoms with van der Waals surface area (Å²) >= 11 is 3.32. The average molecular weight is 437 g/mol. The summed E-state index contributed by atoms with van der Waals surface area (Å²) in [5.41, 5.74) is 5.79. The van der Waals surface area contributed by atoms with E-state index in [0.29, 0.717) is 6.61 Å². The normalized spacial score (nSPS) is 11.1. The number of aromatic nitrogens is 4. The summed E-state index contributed by atoms with van der Waals surface area (Å²) in [6.45, 7) is 6.62. The van der Waals surface area contributed by atoms with Gasteiger partial charge in [0.2, 0.25) is 0 Å². The number of ether oxygens (including phenoxy) is 1. The van der Waals surface area contributed by atoms with Crippen LogP contribution < -0.4 is 4.74 Å². The first-order chi connectivity index (χ1) is 14.5. The highest BCUT2D eigenvalue weighted by Crippen LogP contribution is 2.29. The molecule has 0 atom stereocenters. The van der Waals surface area contributed by atoms with Crippen molar-refractivity contribution in [2.75, 3.05) is 0 Å². The Hall–Kier alpha value is -2.64. The van der Waals surface area contributed by atoms with Crippen LogP contribution in [0.25, 0.3) is 10.6 Å². The number of hydrogen-bond donors (Lipinski definition) is 0. The lowest BCUT2D eigenvalue weighted by molar-refractivity contribution is 0.288. The van der Waals surface area contributed by atoms with Crippen LogP contribution in [0.4, 0.5) is 0 Å². The maximum Gasteiger partial charge on any atom is 0.191 e. The van der Waals surface area contributed by atoms with E-state index in [1.165, 1.54) is 16.7 Å². The topological polar surface area (TPSA) is 52.8 Å². The lowest BCUT2D eigenvalue weighted by Gasteiger charge is -2.09. The predicted molar refractivity (Wildman–Crippen MR) is 123 cm³/mol. The first-order valence-corrected chi connectivity index (χ1v) is 11.6. The summed E-state index contributed by atoms with van der Waals surface area (Å²) in [5.74, 6) is 2.45. The van der Waals surface area contributed by atoms with Crippen molar-refractivity contribution in [3.63, 3.8) is 0 Å². The van der Waals surface area contributed by atoms with E-state index in [4.69, 9.17) is 9.72 Å². The van der Waals surface area contributed by atoms with Crippen molar-refractivity contribution in [3.8, 4) is 16.3 Å². The summed E-state index contributed by atoms with van der Waals surface area (Å²) in [5, 5.41) is 12.7. The first-order valence-electron chi connectivity index (χ1n) is 9.73. The summed E-state index contributed by atoms with van der Waals surface area (Å²) in [6.07, 6.45) is 0. The van der Waals surface area contributed by atoms with E-state index < -0.39 is 0 Å². The maximum atomic E-state index is 5.98. The minimum absolute atomic E-state index is 0.391. The van der Waals surface area contributed by atoms with Crippen LogP contribution in [0.1, 0.15) is 28.2 Å². The molecule has 4 rings (SSSR count). The van der Waals surface area contributed by atoms with Crippen molar-refractivity contribution in [1.29, 1.82) is 0 Å². The number of nitrogens with zero attached hydrogens (tertiary/aromatic N) is 4. The largest absolute Gasteiger partial charge is 0.485 e. The summed E-state index contributed by atoms with van der Waals surface area (Å²) in [7, 11) is 1.98. The Labute approximate surface area is 185 Å². The molecule has 5 nitrogen and oxygen atoms in total. The molecule has 0 aliphatic carbocycles. The van der Waals surface area contributed by atoms with Crippen LogP contribution in [0.15, 0.2) is 53.0 Å². The summed E-state index contributed by atoms with van der Waals surface area (Å²) in [4.78, 5) is 4.80. The standard InChI is InChI=1S/C23H24N4OS2/c1-15-9-10-17(3)20(11-15)28-12-21-25-26-23(27(21)4)30-14-18-13-29-22(24-18)19-8-6-5-7-16(19)2/h5-11,13H,12,14H2,1-4H3. The van der Waals surface area contributed by atoms with Crippen LogP contribution in [0, 0.1) is 20.8 Å². The van der Waals surface area contributed by atoms with Gasteiger partial charge in [-0.05, 0) is 43.5 Å². The van der Waals surface area contributed by atoms with E-state index in [-0.39, 0.29) is 0 Å². The Morgan fingerprint density at radius 1 is 1.03 bits per heavy atom. The Morgan fingerprint density at radius 3 is 2.70 bits per heavy atom. The lowest BCUT2D eigenvalue weighted by atomic mass is 10.1. The van der Waals surface area contributed by atoms with Gasteiger partial charge < -0.3 is 9.30 Å². The minimum Gasteiger partial charge on any atom is -0.485 e. The summed E-state index contributed by atoms with van der Waals surface area (Å²) < 4.78 is 7.97. The van der Waals surface area contributed by atoms with Gasteiger partial charge in [0.25, 0.3) is 0 Å². The number of benzene rings is 2. The number of rotatable bonds is 7. The van der Waals surface area contributed by atoms with Crippen molar-refractivity contribution in [2.24, 2.45) is 7.05 Å². The van der Waals surface area contributed by atoms with Gasteiger partial charge in [0.05, 0.1) is 5.69 Å². The molecule has 0 saturated heterocycles. The van der Waals surface area contributed by atoms with Gasteiger partial charge in [-0.25, -0.2) is 4.98 Å². The van der Waals surface area contributed by atoms with Gasteiger partial charge in [0.1, 0.15) is 17.4 Å². The molecule has 0 aliphatic heterocycles. The lowest BCUT2D eigenvalue weighted by Crippen LogP contribution is -2.05. The molecule has 0 spiro atoms. The smallest absolute Gasteiger partial charge is 0.191 e.